The van der Waals surface area contributed by atoms with Gasteiger partial charge in [-0.2, -0.15) is 0 Å². The molecule has 2 aromatic rings. The van der Waals surface area contributed by atoms with Gasteiger partial charge in [-0.15, -0.1) is 0 Å². The highest BCUT2D eigenvalue weighted by atomic mass is 31.1. The van der Waals surface area contributed by atoms with Crippen LogP contribution in [0.25, 0.3) is 0 Å². The fourth-order valence-corrected chi connectivity index (χ4v) is 3.74. The lowest BCUT2D eigenvalue weighted by atomic mass is 10.2. The molecule has 0 aliphatic rings. The molecule has 0 saturated heterocycles. The minimum absolute atomic E-state index is 0.407. The molecule has 0 fully saturated rings. The van der Waals surface area contributed by atoms with Crippen LogP contribution in [0.2, 0.25) is 0 Å². The highest BCUT2D eigenvalue weighted by Crippen LogP contribution is 2.35. The van der Waals surface area contributed by atoms with Gasteiger partial charge >= 0.3 is 0 Å². The molecule has 1 unspecified atom stereocenters. The third kappa shape index (κ3) is 3.91. The standard InChI is InChI=1S/C18H19P/c1-3-4-8-15-19(17-9-6-5-7-10-17)18-13-11-16(2)12-14-18/h3-15H,1-2H3/b4-3-,15-8+. The van der Waals surface area contributed by atoms with Gasteiger partial charge in [0, 0.05) is 0 Å². The minimum atomic E-state index is -0.407. The lowest BCUT2D eigenvalue weighted by Gasteiger charge is -2.14. The molecule has 0 radical (unpaired) electrons. The van der Waals surface area contributed by atoms with Crippen LogP contribution in [0.4, 0.5) is 0 Å². The molecule has 0 saturated carbocycles. The summed E-state index contributed by atoms with van der Waals surface area (Å²) in [6.07, 6.45) is 6.30. The third-order valence-corrected chi connectivity index (χ3v) is 5.06. The molecule has 0 N–H and O–H groups in total. The second kappa shape index (κ2) is 7.07. The second-order valence-corrected chi connectivity index (χ2v) is 6.48. The van der Waals surface area contributed by atoms with E-state index in [0.29, 0.717) is 0 Å². The third-order valence-electron chi connectivity index (χ3n) is 2.89. The molecule has 0 spiro atoms. The summed E-state index contributed by atoms with van der Waals surface area (Å²) in [4.78, 5) is 0. The number of hydrogen-bond acceptors (Lipinski definition) is 0. The SMILES string of the molecule is C/C=C\C=C\P(c1ccccc1)c1ccc(C)cc1. The Morgan fingerprint density at radius 3 is 2.05 bits per heavy atom. The van der Waals surface area contributed by atoms with E-state index in [9.17, 15) is 0 Å². The van der Waals surface area contributed by atoms with Gasteiger partial charge in [-0.1, -0.05) is 84.2 Å². The molecule has 2 rings (SSSR count). The molecular formula is C18H19P. The van der Waals surface area contributed by atoms with Crippen LogP contribution in [0, 0.1) is 6.92 Å². The molecule has 0 aliphatic heterocycles. The van der Waals surface area contributed by atoms with Crippen molar-refractivity contribution >= 4 is 18.5 Å². The predicted molar refractivity (Wildman–Crippen MR) is 87.8 cm³/mol. The Hall–Kier alpha value is -1.65. The summed E-state index contributed by atoms with van der Waals surface area (Å²) < 4.78 is 0. The first-order chi connectivity index (χ1) is 9.31. The Bertz CT molecular complexity index is 550. The van der Waals surface area contributed by atoms with Crippen LogP contribution in [-0.2, 0) is 0 Å². The van der Waals surface area contributed by atoms with Crippen molar-refractivity contribution in [2.24, 2.45) is 0 Å². The van der Waals surface area contributed by atoms with E-state index in [0.717, 1.165) is 0 Å². The monoisotopic (exact) mass is 266 g/mol. The number of aryl methyl sites for hydroxylation is 1. The Labute approximate surface area is 117 Å². The van der Waals surface area contributed by atoms with Gasteiger partial charge in [-0.3, -0.25) is 0 Å². The van der Waals surface area contributed by atoms with Crippen molar-refractivity contribution in [3.8, 4) is 0 Å². The average Bonchev–Trinajstić information content (AvgIpc) is 2.46. The van der Waals surface area contributed by atoms with Gasteiger partial charge in [0.1, 0.15) is 0 Å². The fourth-order valence-electron chi connectivity index (χ4n) is 1.86. The Morgan fingerprint density at radius 1 is 0.789 bits per heavy atom. The Morgan fingerprint density at radius 2 is 1.42 bits per heavy atom. The maximum atomic E-state index is 2.31. The van der Waals surface area contributed by atoms with Gasteiger partial charge in [-0.25, -0.2) is 0 Å². The zero-order valence-electron chi connectivity index (χ0n) is 11.5. The molecule has 0 amide bonds. The van der Waals surface area contributed by atoms with E-state index in [-0.39, 0.29) is 0 Å². The van der Waals surface area contributed by atoms with Crippen molar-refractivity contribution in [1.29, 1.82) is 0 Å². The maximum Gasteiger partial charge on any atom is -0.0156 e. The molecule has 0 heterocycles. The molecule has 1 atom stereocenters. The fraction of sp³-hybridized carbons (Fsp3) is 0.111. The van der Waals surface area contributed by atoms with Crippen LogP contribution >= 0.6 is 7.92 Å². The van der Waals surface area contributed by atoms with Gasteiger partial charge in [0.25, 0.3) is 0 Å². The summed E-state index contributed by atoms with van der Waals surface area (Å²) in [5, 5.41) is 2.79. The van der Waals surface area contributed by atoms with Gasteiger partial charge in [-0.05, 0) is 32.4 Å². The van der Waals surface area contributed by atoms with E-state index >= 15 is 0 Å². The summed E-state index contributed by atoms with van der Waals surface area (Å²) in [6.45, 7) is 4.17. The van der Waals surface area contributed by atoms with Crippen LogP contribution in [0.1, 0.15) is 12.5 Å². The lowest BCUT2D eigenvalue weighted by Crippen LogP contribution is -2.09. The second-order valence-electron chi connectivity index (χ2n) is 4.41. The molecular weight excluding hydrogens is 247 g/mol. The first-order valence-corrected chi connectivity index (χ1v) is 7.93. The average molecular weight is 266 g/mol. The zero-order valence-corrected chi connectivity index (χ0v) is 12.3. The van der Waals surface area contributed by atoms with Gasteiger partial charge < -0.3 is 0 Å². The Kier molecular flexibility index (Phi) is 5.12. The highest BCUT2D eigenvalue weighted by molar-refractivity contribution is 7.75. The smallest absolute Gasteiger partial charge is 0.0156 e. The molecule has 96 valence electrons. The van der Waals surface area contributed by atoms with Gasteiger partial charge in [0.2, 0.25) is 0 Å². The van der Waals surface area contributed by atoms with Gasteiger partial charge in [0.15, 0.2) is 0 Å². The largest absolute Gasteiger partial charge is 0.0877 e. The summed E-state index contributed by atoms with van der Waals surface area (Å²) in [6, 6.07) is 19.6. The molecule has 2 aromatic carbocycles. The van der Waals surface area contributed by atoms with Crippen molar-refractivity contribution in [3.05, 3.63) is 84.2 Å². The summed E-state index contributed by atoms with van der Waals surface area (Å²) >= 11 is 0. The van der Waals surface area contributed by atoms with Crippen molar-refractivity contribution in [1.82, 2.24) is 0 Å². The highest BCUT2D eigenvalue weighted by Gasteiger charge is 2.09. The molecule has 0 nitrogen and oxygen atoms in total. The van der Waals surface area contributed by atoms with E-state index in [2.05, 4.69) is 85.6 Å². The summed E-state index contributed by atoms with van der Waals surface area (Å²) in [5.74, 6) is 2.31. The lowest BCUT2D eigenvalue weighted by molar-refractivity contribution is 1.49. The van der Waals surface area contributed by atoms with E-state index < -0.39 is 7.92 Å². The number of allylic oxidation sites excluding steroid dienone is 3. The minimum Gasteiger partial charge on any atom is -0.0877 e. The van der Waals surface area contributed by atoms with E-state index in [4.69, 9.17) is 0 Å². The normalized spacial score (nSPS) is 13.2. The van der Waals surface area contributed by atoms with Crippen molar-refractivity contribution in [2.45, 2.75) is 13.8 Å². The van der Waals surface area contributed by atoms with Crippen molar-refractivity contribution < 1.29 is 0 Å². The first kappa shape index (κ1) is 13.8. The Balaban J connectivity index is 2.37. The van der Waals surface area contributed by atoms with Crippen LogP contribution in [0.15, 0.2) is 78.6 Å². The molecule has 0 bridgehead atoms. The predicted octanol–water partition coefficient (Wildman–Crippen LogP) is 4.52. The van der Waals surface area contributed by atoms with Gasteiger partial charge in [0.05, 0.1) is 0 Å². The topological polar surface area (TPSA) is 0 Å². The molecule has 0 aromatic heterocycles. The molecule has 1 heteroatoms. The van der Waals surface area contributed by atoms with E-state index in [1.807, 2.05) is 6.92 Å². The number of rotatable bonds is 4. The van der Waals surface area contributed by atoms with Crippen molar-refractivity contribution in [2.75, 3.05) is 0 Å². The van der Waals surface area contributed by atoms with Crippen LogP contribution in [0.3, 0.4) is 0 Å². The van der Waals surface area contributed by atoms with Crippen LogP contribution in [0.5, 0.6) is 0 Å². The maximum absolute atomic E-state index is 2.31. The summed E-state index contributed by atoms with van der Waals surface area (Å²) in [7, 11) is -0.407. The molecule has 19 heavy (non-hydrogen) atoms. The quantitative estimate of drug-likeness (QED) is 0.564. The van der Waals surface area contributed by atoms with E-state index in [1.54, 1.807) is 0 Å². The summed E-state index contributed by atoms with van der Waals surface area (Å²) in [5.41, 5.74) is 1.31. The first-order valence-electron chi connectivity index (χ1n) is 6.51. The number of hydrogen-bond donors (Lipinski definition) is 0. The van der Waals surface area contributed by atoms with Crippen LogP contribution < -0.4 is 10.6 Å². The van der Waals surface area contributed by atoms with E-state index in [1.165, 1.54) is 16.2 Å². The zero-order chi connectivity index (χ0) is 13.5. The van der Waals surface area contributed by atoms with Crippen LogP contribution in [-0.4, -0.2) is 0 Å². The number of benzene rings is 2. The van der Waals surface area contributed by atoms with Crippen molar-refractivity contribution in [3.63, 3.8) is 0 Å². The molecule has 0 aliphatic carbocycles.